The van der Waals surface area contributed by atoms with Crippen molar-refractivity contribution in [3.8, 4) is 16.9 Å². The van der Waals surface area contributed by atoms with E-state index in [4.69, 9.17) is 9.72 Å². The summed E-state index contributed by atoms with van der Waals surface area (Å²) in [5.41, 5.74) is 7.41. The van der Waals surface area contributed by atoms with Crippen LogP contribution in [0.15, 0.2) is 55.0 Å². The highest BCUT2D eigenvalue weighted by molar-refractivity contribution is 5.92. The predicted molar refractivity (Wildman–Crippen MR) is 157 cm³/mol. The summed E-state index contributed by atoms with van der Waals surface area (Å²) in [6, 6.07) is 13.0. The number of ether oxygens (including phenoxy) is 1. The molecule has 0 saturated heterocycles. The molecule has 2 N–H and O–H groups in total. The number of aromatic nitrogens is 5. The lowest BCUT2D eigenvalue weighted by Gasteiger charge is -2.25. The Labute approximate surface area is 235 Å². The van der Waals surface area contributed by atoms with Gasteiger partial charge < -0.3 is 19.6 Å². The normalized spacial score (nSPS) is 14.8. The Balaban J connectivity index is 1.33. The maximum atomic E-state index is 11.1. The number of aliphatic hydroxyl groups excluding tert-OH is 1. The molecule has 8 nitrogen and oxygen atoms in total. The number of imidazole rings is 1. The summed E-state index contributed by atoms with van der Waals surface area (Å²) in [6.07, 6.45) is 8.37. The molecule has 0 bridgehead atoms. The van der Waals surface area contributed by atoms with Crippen LogP contribution in [0.25, 0.3) is 27.7 Å². The molecule has 4 aromatic heterocycles. The molecule has 1 fully saturated rings. The van der Waals surface area contributed by atoms with Crippen LogP contribution in [-0.2, 0) is 20.0 Å². The number of hydrogen-bond acceptors (Lipinski definition) is 6. The van der Waals surface area contributed by atoms with Gasteiger partial charge in [-0.1, -0.05) is 32.9 Å². The average molecular weight is 539 g/mol. The Kier molecular flexibility index (Phi) is 6.84. The van der Waals surface area contributed by atoms with Crippen molar-refractivity contribution in [2.24, 2.45) is 12.5 Å². The first-order valence-electron chi connectivity index (χ1n) is 14.1. The first-order valence-corrected chi connectivity index (χ1v) is 14.1. The molecule has 0 amide bonds. The molecule has 1 aromatic carbocycles. The minimum Gasteiger partial charge on any atom is -0.490 e. The highest BCUT2D eigenvalue weighted by atomic mass is 16.5. The molecule has 1 atom stereocenters. The first-order chi connectivity index (χ1) is 19.2. The van der Waals surface area contributed by atoms with Crippen molar-refractivity contribution in [2.75, 3.05) is 6.61 Å². The third-order valence-electron chi connectivity index (χ3n) is 7.94. The molecular formula is C32H38N6O2. The molecule has 1 aliphatic carbocycles. The number of fused-ring (bicyclic) bond motifs is 2. The Morgan fingerprint density at radius 3 is 2.73 bits per heavy atom. The van der Waals surface area contributed by atoms with Crippen molar-refractivity contribution >= 4 is 16.6 Å². The minimum atomic E-state index is -0.664. The summed E-state index contributed by atoms with van der Waals surface area (Å²) in [5, 5.41) is 20.3. The van der Waals surface area contributed by atoms with Crippen LogP contribution in [-0.4, -0.2) is 41.9 Å². The number of benzene rings is 1. The molecule has 4 heterocycles. The molecule has 6 rings (SSSR count). The van der Waals surface area contributed by atoms with Crippen LogP contribution >= 0.6 is 0 Å². The lowest BCUT2D eigenvalue weighted by atomic mass is 9.85. The number of rotatable bonds is 9. The predicted octanol–water partition coefficient (Wildman–Crippen LogP) is 5.54. The topological polar surface area (TPSA) is 89.5 Å². The molecule has 0 aliphatic heterocycles. The van der Waals surface area contributed by atoms with Gasteiger partial charge in [-0.25, -0.2) is 4.98 Å². The van der Waals surface area contributed by atoms with Gasteiger partial charge in [0.2, 0.25) is 0 Å². The van der Waals surface area contributed by atoms with Gasteiger partial charge in [0.05, 0.1) is 24.2 Å². The zero-order valence-corrected chi connectivity index (χ0v) is 24.0. The average Bonchev–Trinajstić information content (AvgIpc) is 3.62. The van der Waals surface area contributed by atoms with Crippen LogP contribution in [0.3, 0.4) is 0 Å². The molecule has 1 unspecified atom stereocenters. The third-order valence-corrected chi connectivity index (χ3v) is 7.94. The van der Waals surface area contributed by atoms with E-state index in [1.807, 2.05) is 57.9 Å². The summed E-state index contributed by atoms with van der Waals surface area (Å²) in [6.45, 7) is 9.36. The van der Waals surface area contributed by atoms with Crippen molar-refractivity contribution in [1.82, 2.24) is 29.5 Å². The van der Waals surface area contributed by atoms with Crippen molar-refractivity contribution < 1.29 is 9.84 Å². The Bertz CT molecular complexity index is 1670. The standard InChI is InChI=1S/C32H38N6O2/c1-20-25(29(36-37(20)5)31(39)32(2,3)4)14-16-40-30-26(12-8-21-7-6-15-33-28(21)30)22-9-13-27-35-18-24(38(27)19-22)17-34-23-10-11-23/h6-9,12-13,15,18-19,23,31,34,39H,10-11,14,16-17H2,1-5H3. The molecule has 1 aliphatic rings. The van der Waals surface area contributed by atoms with E-state index in [1.165, 1.54) is 12.8 Å². The van der Waals surface area contributed by atoms with Crippen molar-refractivity contribution in [1.29, 1.82) is 0 Å². The zero-order valence-electron chi connectivity index (χ0n) is 24.0. The second-order valence-electron chi connectivity index (χ2n) is 12.0. The van der Waals surface area contributed by atoms with Gasteiger partial charge in [-0.15, -0.1) is 0 Å². The largest absolute Gasteiger partial charge is 0.490 e. The van der Waals surface area contributed by atoms with Gasteiger partial charge in [0, 0.05) is 66.2 Å². The molecule has 5 aromatic rings. The van der Waals surface area contributed by atoms with Crippen LogP contribution in [0.4, 0.5) is 0 Å². The van der Waals surface area contributed by atoms with E-state index in [-0.39, 0.29) is 5.41 Å². The number of aryl methyl sites for hydroxylation is 1. The van der Waals surface area contributed by atoms with Gasteiger partial charge in [-0.2, -0.15) is 5.10 Å². The Morgan fingerprint density at radius 2 is 1.95 bits per heavy atom. The monoisotopic (exact) mass is 538 g/mol. The quantitative estimate of drug-likeness (QED) is 0.256. The molecular weight excluding hydrogens is 500 g/mol. The van der Waals surface area contributed by atoms with Gasteiger partial charge in [0.15, 0.2) is 5.75 Å². The fraction of sp³-hybridized carbons (Fsp3) is 0.406. The molecule has 1 saturated carbocycles. The summed E-state index contributed by atoms with van der Waals surface area (Å²) in [5.74, 6) is 0.759. The van der Waals surface area contributed by atoms with Crippen molar-refractivity contribution in [3.63, 3.8) is 0 Å². The van der Waals surface area contributed by atoms with E-state index in [0.29, 0.717) is 19.1 Å². The van der Waals surface area contributed by atoms with Crippen molar-refractivity contribution in [3.05, 3.63) is 77.6 Å². The fourth-order valence-corrected chi connectivity index (χ4v) is 5.22. The van der Waals surface area contributed by atoms with Gasteiger partial charge in [0.25, 0.3) is 0 Å². The van der Waals surface area contributed by atoms with Gasteiger partial charge in [-0.3, -0.25) is 9.67 Å². The number of pyridine rings is 2. The van der Waals surface area contributed by atoms with Gasteiger partial charge in [-0.05, 0) is 49.4 Å². The highest BCUT2D eigenvalue weighted by Gasteiger charge is 2.30. The van der Waals surface area contributed by atoms with Gasteiger partial charge >= 0.3 is 0 Å². The molecule has 208 valence electrons. The second kappa shape index (κ2) is 10.3. The Hall–Kier alpha value is -3.75. The zero-order chi connectivity index (χ0) is 28.0. The number of aliphatic hydroxyl groups is 1. The summed E-state index contributed by atoms with van der Waals surface area (Å²) < 4.78 is 10.6. The molecule has 0 radical (unpaired) electrons. The summed E-state index contributed by atoms with van der Waals surface area (Å²) in [7, 11) is 1.92. The number of nitrogens with zero attached hydrogens (tertiary/aromatic N) is 5. The van der Waals surface area contributed by atoms with Crippen LogP contribution in [0, 0.1) is 12.3 Å². The van der Waals surface area contributed by atoms with Crippen LogP contribution in [0.1, 0.15) is 62.4 Å². The van der Waals surface area contributed by atoms with E-state index >= 15 is 0 Å². The van der Waals surface area contributed by atoms with E-state index in [2.05, 4.69) is 56.3 Å². The van der Waals surface area contributed by atoms with Crippen LogP contribution < -0.4 is 10.1 Å². The molecule has 40 heavy (non-hydrogen) atoms. The third kappa shape index (κ3) is 5.09. The maximum absolute atomic E-state index is 11.1. The smallest absolute Gasteiger partial charge is 0.153 e. The summed E-state index contributed by atoms with van der Waals surface area (Å²) in [4.78, 5) is 9.32. The van der Waals surface area contributed by atoms with Gasteiger partial charge in [0.1, 0.15) is 17.3 Å². The van der Waals surface area contributed by atoms with E-state index in [1.54, 1.807) is 0 Å². The Morgan fingerprint density at radius 1 is 1.12 bits per heavy atom. The van der Waals surface area contributed by atoms with Crippen LogP contribution in [0.2, 0.25) is 0 Å². The first kappa shape index (κ1) is 26.5. The lowest BCUT2D eigenvalue weighted by Crippen LogP contribution is -2.20. The van der Waals surface area contributed by atoms with E-state index in [9.17, 15) is 5.11 Å². The highest BCUT2D eigenvalue weighted by Crippen LogP contribution is 2.37. The lowest BCUT2D eigenvalue weighted by molar-refractivity contribution is 0.0575. The summed E-state index contributed by atoms with van der Waals surface area (Å²) >= 11 is 0. The maximum Gasteiger partial charge on any atom is 0.153 e. The van der Waals surface area contributed by atoms with Crippen molar-refractivity contribution in [2.45, 2.75) is 65.6 Å². The number of hydrogen-bond donors (Lipinski definition) is 2. The second-order valence-corrected chi connectivity index (χ2v) is 12.0. The van der Waals surface area contributed by atoms with Crippen LogP contribution in [0.5, 0.6) is 5.75 Å². The molecule has 0 spiro atoms. The van der Waals surface area contributed by atoms with E-state index in [0.717, 1.165) is 62.6 Å². The number of nitrogens with one attached hydrogen (secondary N) is 1. The minimum absolute atomic E-state index is 0.317. The SMILES string of the molecule is Cc1c(CCOc2c(-c3ccc4ncc(CNC5CC5)n4c3)ccc3cccnc23)c(C(O)C(C)(C)C)nn1C. The fourth-order valence-electron chi connectivity index (χ4n) is 5.22. The molecule has 8 heteroatoms. The van der Waals surface area contributed by atoms with E-state index < -0.39 is 6.10 Å².